The summed E-state index contributed by atoms with van der Waals surface area (Å²) in [6.07, 6.45) is 0. The highest BCUT2D eigenvalue weighted by molar-refractivity contribution is 7.26. The third kappa shape index (κ3) is 5.18. The average Bonchev–Trinajstić information content (AvgIpc) is 3.92. The first-order valence-electron chi connectivity index (χ1n) is 20.1. The molecule has 11 aromatic rings. The van der Waals surface area contributed by atoms with E-state index in [1.54, 1.807) is 11.3 Å². The summed E-state index contributed by atoms with van der Waals surface area (Å²) < 4.78 is 4.79. The third-order valence-electron chi connectivity index (χ3n) is 12.3. The van der Waals surface area contributed by atoms with Gasteiger partial charge in [0.25, 0.3) is 0 Å². The molecule has 12 rings (SSSR count). The molecule has 0 radical (unpaired) electrons. The smallest absolute Gasteiger partial charge is 0.165 e. The molecule has 3 heterocycles. The fourth-order valence-corrected chi connectivity index (χ4v) is 10.6. The molecule has 0 bridgehead atoms. The SMILES string of the molecule is CC1(C)c2ccccc2-c2c(-c3nc(-c4ccc(-c5ccc6c(c5)c5ccccc5n6-c5ccccc5)cc4)nc(-c4cccc5c4sc4ccccc45)n3)cccc21. The van der Waals surface area contributed by atoms with Crippen molar-refractivity contribution in [3.63, 3.8) is 0 Å². The van der Waals surface area contributed by atoms with Crippen LogP contribution >= 0.6 is 11.3 Å². The lowest BCUT2D eigenvalue weighted by Gasteiger charge is -2.21. The lowest BCUT2D eigenvalue weighted by atomic mass is 9.82. The van der Waals surface area contributed by atoms with Gasteiger partial charge in [-0.1, -0.05) is 153 Å². The van der Waals surface area contributed by atoms with Crippen LogP contribution in [0.5, 0.6) is 0 Å². The van der Waals surface area contributed by atoms with Crippen LogP contribution in [0.1, 0.15) is 25.0 Å². The van der Waals surface area contributed by atoms with Crippen LogP contribution in [-0.2, 0) is 5.41 Å². The average molecular weight is 773 g/mol. The third-order valence-corrected chi connectivity index (χ3v) is 13.5. The molecule has 5 heteroatoms. The topological polar surface area (TPSA) is 43.6 Å². The summed E-state index contributed by atoms with van der Waals surface area (Å²) in [7, 11) is 0. The molecule has 1 aliphatic rings. The van der Waals surface area contributed by atoms with E-state index in [0.29, 0.717) is 17.5 Å². The molecule has 0 spiro atoms. The molecule has 0 saturated heterocycles. The summed E-state index contributed by atoms with van der Waals surface area (Å²) in [5, 5.41) is 4.94. The molecule has 0 fully saturated rings. The van der Waals surface area contributed by atoms with E-state index in [1.165, 1.54) is 64.2 Å². The van der Waals surface area contributed by atoms with E-state index in [1.807, 2.05) is 0 Å². The summed E-state index contributed by atoms with van der Waals surface area (Å²) >= 11 is 1.80. The second-order valence-corrected chi connectivity index (χ2v) is 17.0. The van der Waals surface area contributed by atoms with Gasteiger partial charge in [-0.05, 0) is 75.8 Å². The number of hydrogen-bond acceptors (Lipinski definition) is 4. The van der Waals surface area contributed by atoms with Crippen molar-refractivity contribution in [2.75, 3.05) is 0 Å². The molecule has 0 atom stereocenters. The zero-order chi connectivity index (χ0) is 39.2. The van der Waals surface area contributed by atoms with Gasteiger partial charge in [0.1, 0.15) is 0 Å². The van der Waals surface area contributed by atoms with Gasteiger partial charge >= 0.3 is 0 Å². The predicted molar refractivity (Wildman–Crippen MR) is 246 cm³/mol. The van der Waals surface area contributed by atoms with Crippen molar-refractivity contribution >= 4 is 53.3 Å². The molecule has 0 aliphatic heterocycles. The number of aromatic nitrogens is 4. The number of rotatable bonds is 5. The van der Waals surface area contributed by atoms with Crippen LogP contribution in [0.25, 0.3) is 104 Å². The van der Waals surface area contributed by atoms with Gasteiger partial charge in [-0.25, -0.2) is 15.0 Å². The van der Waals surface area contributed by atoms with Crippen molar-refractivity contribution in [3.8, 4) is 62.1 Å². The van der Waals surface area contributed by atoms with E-state index in [0.717, 1.165) is 33.5 Å². The quantitative estimate of drug-likeness (QED) is 0.175. The molecule has 278 valence electrons. The normalized spacial score (nSPS) is 13.1. The molecular weight excluding hydrogens is 737 g/mol. The zero-order valence-corrected chi connectivity index (χ0v) is 33.3. The number of nitrogens with zero attached hydrogens (tertiary/aromatic N) is 4. The fourth-order valence-electron chi connectivity index (χ4n) is 9.43. The Bertz CT molecular complexity index is 3470. The van der Waals surface area contributed by atoms with Gasteiger partial charge in [-0.3, -0.25) is 0 Å². The lowest BCUT2D eigenvalue weighted by Crippen LogP contribution is -2.14. The maximum Gasteiger partial charge on any atom is 0.165 e. The van der Waals surface area contributed by atoms with E-state index >= 15 is 0 Å². The minimum atomic E-state index is -0.140. The molecule has 4 nitrogen and oxygen atoms in total. The Hall–Kier alpha value is -7.21. The first-order chi connectivity index (χ1) is 29.0. The van der Waals surface area contributed by atoms with E-state index in [-0.39, 0.29) is 5.41 Å². The largest absolute Gasteiger partial charge is 0.309 e. The van der Waals surface area contributed by atoms with Crippen LogP contribution in [0.15, 0.2) is 182 Å². The molecule has 0 saturated carbocycles. The van der Waals surface area contributed by atoms with Crippen molar-refractivity contribution in [1.82, 2.24) is 19.5 Å². The van der Waals surface area contributed by atoms with Gasteiger partial charge in [-0.2, -0.15) is 0 Å². The Kier molecular flexibility index (Phi) is 7.41. The van der Waals surface area contributed by atoms with Gasteiger partial charge in [0.15, 0.2) is 17.5 Å². The highest BCUT2D eigenvalue weighted by Gasteiger charge is 2.37. The van der Waals surface area contributed by atoms with Crippen LogP contribution < -0.4 is 0 Å². The molecule has 0 amide bonds. The van der Waals surface area contributed by atoms with E-state index < -0.39 is 0 Å². The highest BCUT2D eigenvalue weighted by Crippen LogP contribution is 2.52. The van der Waals surface area contributed by atoms with Crippen LogP contribution in [0.3, 0.4) is 0 Å². The number of fused-ring (bicyclic) bond motifs is 9. The Balaban J connectivity index is 1.02. The van der Waals surface area contributed by atoms with E-state index in [4.69, 9.17) is 15.0 Å². The highest BCUT2D eigenvalue weighted by atomic mass is 32.1. The molecule has 0 unspecified atom stereocenters. The van der Waals surface area contributed by atoms with Gasteiger partial charge in [0, 0.05) is 58.7 Å². The fraction of sp³-hybridized carbons (Fsp3) is 0.0556. The molecule has 3 aromatic heterocycles. The molecular formula is C54H36N4S. The second kappa shape index (κ2) is 12.9. The first kappa shape index (κ1) is 33.9. The Labute approximate surface area is 345 Å². The lowest BCUT2D eigenvalue weighted by molar-refractivity contribution is 0.660. The van der Waals surface area contributed by atoms with Crippen molar-refractivity contribution in [3.05, 3.63) is 193 Å². The summed E-state index contributed by atoms with van der Waals surface area (Å²) in [6, 6.07) is 65.3. The number of benzene rings is 8. The summed E-state index contributed by atoms with van der Waals surface area (Å²) in [6.45, 7) is 4.63. The molecule has 59 heavy (non-hydrogen) atoms. The standard InChI is InChI=1S/C54H36N4S/c1-54(2)44-22-9-6-18-40(44)49-41(20-13-23-45(49)54)52-55-51(56-53(57-52)42-21-12-19-39-38-17-8-11-25-48(38)59-50(39)42)34-28-26-33(27-29-34)35-30-31-47-43(32-35)37-16-7-10-24-46(37)58(47)36-14-4-3-5-15-36/h3-32H,1-2H3. The van der Waals surface area contributed by atoms with E-state index in [2.05, 4.69) is 200 Å². The number of para-hydroxylation sites is 2. The second-order valence-electron chi connectivity index (χ2n) is 16.0. The Morgan fingerprint density at radius 1 is 0.424 bits per heavy atom. The van der Waals surface area contributed by atoms with Crippen LogP contribution in [0, 0.1) is 0 Å². The minimum absolute atomic E-state index is 0.140. The summed E-state index contributed by atoms with van der Waals surface area (Å²) in [5.41, 5.74) is 13.7. The predicted octanol–water partition coefficient (Wildman–Crippen LogP) is 14.3. The maximum absolute atomic E-state index is 5.34. The first-order valence-corrected chi connectivity index (χ1v) is 20.9. The number of thiophene rings is 1. The summed E-state index contributed by atoms with van der Waals surface area (Å²) in [4.78, 5) is 15.9. The van der Waals surface area contributed by atoms with Crippen LogP contribution in [0.2, 0.25) is 0 Å². The Morgan fingerprint density at radius 3 is 1.88 bits per heavy atom. The number of hydrogen-bond donors (Lipinski definition) is 0. The molecule has 1 aliphatic carbocycles. The summed E-state index contributed by atoms with van der Waals surface area (Å²) in [5.74, 6) is 2.01. The minimum Gasteiger partial charge on any atom is -0.309 e. The van der Waals surface area contributed by atoms with Crippen LogP contribution in [0.4, 0.5) is 0 Å². The Morgan fingerprint density at radius 2 is 1.02 bits per heavy atom. The molecule has 8 aromatic carbocycles. The van der Waals surface area contributed by atoms with Crippen molar-refractivity contribution < 1.29 is 0 Å². The van der Waals surface area contributed by atoms with Crippen LogP contribution in [-0.4, -0.2) is 19.5 Å². The zero-order valence-electron chi connectivity index (χ0n) is 32.5. The van der Waals surface area contributed by atoms with Gasteiger partial charge in [0.05, 0.1) is 11.0 Å². The maximum atomic E-state index is 5.34. The van der Waals surface area contributed by atoms with E-state index in [9.17, 15) is 0 Å². The van der Waals surface area contributed by atoms with Crippen molar-refractivity contribution in [1.29, 1.82) is 0 Å². The van der Waals surface area contributed by atoms with Gasteiger partial charge < -0.3 is 4.57 Å². The molecule has 0 N–H and O–H groups in total. The van der Waals surface area contributed by atoms with Crippen molar-refractivity contribution in [2.45, 2.75) is 19.3 Å². The van der Waals surface area contributed by atoms with Gasteiger partial charge in [0.2, 0.25) is 0 Å². The van der Waals surface area contributed by atoms with Gasteiger partial charge in [-0.15, -0.1) is 11.3 Å². The van der Waals surface area contributed by atoms with Crippen molar-refractivity contribution in [2.24, 2.45) is 0 Å². The monoisotopic (exact) mass is 772 g/mol.